The Kier molecular flexibility index (Phi) is 4.02. The average Bonchev–Trinajstić information content (AvgIpc) is 2.36. The lowest BCUT2D eigenvalue weighted by molar-refractivity contribution is 0.429. The summed E-state index contributed by atoms with van der Waals surface area (Å²) in [5, 5.41) is -0.0201. The van der Waals surface area contributed by atoms with Crippen molar-refractivity contribution < 1.29 is 13.5 Å². The average molecular weight is 284 g/mol. The Morgan fingerprint density at radius 2 is 1.89 bits per heavy atom. The molecular formula is C14H12ClF2NO. The summed E-state index contributed by atoms with van der Waals surface area (Å²) < 4.78 is 32.5. The fourth-order valence-electron chi connectivity index (χ4n) is 1.65. The molecule has 19 heavy (non-hydrogen) atoms. The summed E-state index contributed by atoms with van der Waals surface area (Å²) in [5.74, 6) is -1.02. The first-order valence-corrected chi connectivity index (χ1v) is 6.03. The minimum Gasteiger partial charge on any atom is -0.454 e. The molecular weight excluding hydrogens is 272 g/mol. The van der Waals surface area contributed by atoms with E-state index < -0.39 is 17.7 Å². The van der Waals surface area contributed by atoms with Gasteiger partial charge >= 0.3 is 0 Å². The molecule has 0 bridgehead atoms. The lowest BCUT2D eigenvalue weighted by atomic mass is 10.1. The van der Waals surface area contributed by atoms with Gasteiger partial charge in [0.15, 0.2) is 11.6 Å². The molecule has 0 aromatic heterocycles. The molecule has 0 saturated heterocycles. The Hall–Kier alpha value is -1.65. The first-order valence-electron chi connectivity index (χ1n) is 5.66. The normalized spacial score (nSPS) is 12.3. The van der Waals surface area contributed by atoms with Crippen molar-refractivity contribution in [1.82, 2.24) is 0 Å². The van der Waals surface area contributed by atoms with Gasteiger partial charge in [-0.1, -0.05) is 23.7 Å². The van der Waals surface area contributed by atoms with Gasteiger partial charge in [0, 0.05) is 17.7 Å². The van der Waals surface area contributed by atoms with E-state index >= 15 is 0 Å². The molecule has 2 nitrogen and oxygen atoms in total. The molecule has 2 aromatic rings. The maximum atomic E-state index is 13.8. The first kappa shape index (κ1) is 13.8. The van der Waals surface area contributed by atoms with Crippen LogP contribution in [0, 0.1) is 11.6 Å². The van der Waals surface area contributed by atoms with Gasteiger partial charge in [0.1, 0.15) is 11.6 Å². The van der Waals surface area contributed by atoms with Crippen molar-refractivity contribution in [3.8, 4) is 11.5 Å². The Bertz CT molecular complexity index is 602. The second kappa shape index (κ2) is 5.55. The summed E-state index contributed by atoms with van der Waals surface area (Å²) in [5.41, 5.74) is 6.26. The van der Waals surface area contributed by atoms with Crippen LogP contribution in [0.1, 0.15) is 18.5 Å². The Labute approximate surface area is 114 Å². The summed E-state index contributed by atoms with van der Waals surface area (Å²) in [6.07, 6.45) is 0. The fraction of sp³-hybridized carbons (Fsp3) is 0.143. The molecule has 0 heterocycles. The van der Waals surface area contributed by atoms with Crippen LogP contribution in [0.3, 0.4) is 0 Å². The molecule has 0 aliphatic heterocycles. The van der Waals surface area contributed by atoms with Gasteiger partial charge in [-0.3, -0.25) is 0 Å². The van der Waals surface area contributed by atoms with Crippen LogP contribution in [0.2, 0.25) is 5.02 Å². The topological polar surface area (TPSA) is 35.2 Å². The SMILES string of the molecule is C[C@H](N)c1cccc(F)c1Oc1ccc(Cl)c(F)c1. The van der Waals surface area contributed by atoms with Gasteiger partial charge < -0.3 is 10.5 Å². The van der Waals surface area contributed by atoms with Crippen molar-refractivity contribution in [2.75, 3.05) is 0 Å². The molecule has 0 spiro atoms. The van der Waals surface area contributed by atoms with E-state index in [2.05, 4.69) is 0 Å². The Morgan fingerprint density at radius 3 is 2.53 bits per heavy atom. The zero-order chi connectivity index (χ0) is 14.0. The van der Waals surface area contributed by atoms with Gasteiger partial charge in [0.05, 0.1) is 5.02 Å². The van der Waals surface area contributed by atoms with E-state index in [9.17, 15) is 8.78 Å². The molecule has 0 fully saturated rings. The van der Waals surface area contributed by atoms with Crippen LogP contribution in [-0.4, -0.2) is 0 Å². The van der Waals surface area contributed by atoms with Gasteiger partial charge in [0.2, 0.25) is 0 Å². The van der Waals surface area contributed by atoms with Crippen molar-refractivity contribution in [1.29, 1.82) is 0 Å². The number of hydrogen-bond acceptors (Lipinski definition) is 2. The number of halogens is 3. The van der Waals surface area contributed by atoms with E-state index in [4.69, 9.17) is 22.1 Å². The number of nitrogens with two attached hydrogens (primary N) is 1. The lowest BCUT2D eigenvalue weighted by Crippen LogP contribution is -2.07. The molecule has 0 saturated carbocycles. The quantitative estimate of drug-likeness (QED) is 0.904. The highest BCUT2D eigenvalue weighted by Gasteiger charge is 2.14. The van der Waals surface area contributed by atoms with Crippen LogP contribution in [0.5, 0.6) is 11.5 Å². The van der Waals surface area contributed by atoms with Gasteiger partial charge in [-0.05, 0) is 25.1 Å². The van der Waals surface area contributed by atoms with Crippen LogP contribution >= 0.6 is 11.6 Å². The van der Waals surface area contributed by atoms with Crippen molar-refractivity contribution in [3.63, 3.8) is 0 Å². The van der Waals surface area contributed by atoms with Gasteiger partial charge in [-0.15, -0.1) is 0 Å². The predicted molar refractivity (Wildman–Crippen MR) is 70.5 cm³/mol. The number of ether oxygens (including phenoxy) is 1. The first-order chi connectivity index (χ1) is 8.99. The minimum absolute atomic E-state index is 0.000720. The molecule has 0 aliphatic carbocycles. The molecule has 0 unspecified atom stereocenters. The molecule has 0 amide bonds. The van der Waals surface area contributed by atoms with Gasteiger partial charge in [-0.2, -0.15) is 0 Å². The summed E-state index contributed by atoms with van der Waals surface area (Å²) >= 11 is 5.57. The highest BCUT2D eigenvalue weighted by Crippen LogP contribution is 2.32. The van der Waals surface area contributed by atoms with Crippen LogP contribution in [0.15, 0.2) is 36.4 Å². The van der Waals surface area contributed by atoms with E-state index in [-0.39, 0.29) is 16.5 Å². The highest BCUT2D eigenvalue weighted by atomic mass is 35.5. The van der Waals surface area contributed by atoms with Crippen molar-refractivity contribution >= 4 is 11.6 Å². The number of benzene rings is 2. The van der Waals surface area contributed by atoms with Crippen molar-refractivity contribution in [2.45, 2.75) is 13.0 Å². The van der Waals surface area contributed by atoms with Crippen LogP contribution in [-0.2, 0) is 0 Å². The highest BCUT2D eigenvalue weighted by molar-refractivity contribution is 6.30. The van der Waals surface area contributed by atoms with E-state index in [0.717, 1.165) is 6.07 Å². The molecule has 1 atom stereocenters. The zero-order valence-electron chi connectivity index (χ0n) is 10.2. The monoisotopic (exact) mass is 283 g/mol. The second-order valence-corrected chi connectivity index (χ2v) is 4.53. The standard InChI is InChI=1S/C14H12ClF2NO/c1-8(18)10-3-2-4-12(16)14(10)19-9-5-6-11(15)13(17)7-9/h2-8H,18H2,1H3/t8-/m0/s1. The Balaban J connectivity index is 2.40. The molecule has 2 N–H and O–H groups in total. The van der Waals surface area contributed by atoms with E-state index in [0.29, 0.717) is 5.56 Å². The van der Waals surface area contributed by atoms with Crippen molar-refractivity contribution in [2.24, 2.45) is 5.73 Å². The number of hydrogen-bond donors (Lipinski definition) is 1. The third-order valence-corrected chi connectivity index (χ3v) is 2.91. The molecule has 0 aliphatic rings. The second-order valence-electron chi connectivity index (χ2n) is 4.12. The zero-order valence-corrected chi connectivity index (χ0v) is 10.9. The van der Waals surface area contributed by atoms with Crippen LogP contribution in [0.4, 0.5) is 8.78 Å². The summed E-state index contributed by atoms with van der Waals surface area (Å²) in [6, 6.07) is 7.97. The third kappa shape index (κ3) is 3.03. The fourth-order valence-corrected chi connectivity index (χ4v) is 1.77. The number of para-hydroxylation sites is 1. The largest absolute Gasteiger partial charge is 0.454 e. The van der Waals surface area contributed by atoms with E-state index in [1.165, 1.54) is 18.2 Å². The van der Waals surface area contributed by atoms with Crippen LogP contribution in [0.25, 0.3) is 0 Å². The molecule has 5 heteroatoms. The maximum Gasteiger partial charge on any atom is 0.167 e. The maximum absolute atomic E-state index is 13.8. The van der Waals surface area contributed by atoms with E-state index in [1.807, 2.05) is 0 Å². The molecule has 0 radical (unpaired) electrons. The molecule has 2 aromatic carbocycles. The van der Waals surface area contributed by atoms with E-state index in [1.54, 1.807) is 19.1 Å². The molecule has 100 valence electrons. The van der Waals surface area contributed by atoms with Crippen LogP contribution < -0.4 is 10.5 Å². The lowest BCUT2D eigenvalue weighted by Gasteiger charge is -2.14. The van der Waals surface area contributed by atoms with Crippen molar-refractivity contribution in [3.05, 3.63) is 58.6 Å². The van der Waals surface area contributed by atoms with Gasteiger partial charge in [-0.25, -0.2) is 8.78 Å². The predicted octanol–water partition coefficient (Wildman–Crippen LogP) is 4.43. The summed E-state index contributed by atoms with van der Waals surface area (Å²) in [7, 11) is 0. The summed E-state index contributed by atoms with van der Waals surface area (Å²) in [4.78, 5) is 0. The molecule has 2 rings (SSSR count). The third-order valence-electron chi connectivity index (χ3n) is 2.60. The summed E-state index contributed by atoms with van der Waals surface area (Å²) in [6.45, 7) is 1.71. The Morgan fingerprint density at radius 1 is 1.16 bits per heavy atom. The van der Waals surface area contributed by atoms with Gasteiger partial charge in [0.25, 0.3) is 0 Å². The minimum atomic E-state index is -0.627. The number of rotatable bonds is 3. The smallest absolute Gasteiger partial charge is 0.167 e.